The normalized spacial score (nSPS) is 13.2. The molecule has 0 unspecified atom stereocenters. The molecular formula is C22H22N4O2. The molecule has 6 nitrogen and oxygen atoms in total. The first kappa shape index (κ1) is 17.9. The predicted octanol–water partition coefficient (Wildman–Crippen LogP) is 3.70. The summed E-state index contributed by atoms with van der Waals surface area (Å²) in [6, 6.07) is 11.7. The Morgan fingerprint density at radius 2 is 1.96 bits per heavy atom. The maximum absolute atomic E-state index is 6.02. The van der Waals surface area contributed by atoms with E-state index in [-0.39, 0.29) is 0 Å². The molecule has 2 aromatic heterocycles. The fourth-order valence-electron chi connectivity index (χ4n) is 3.04. The molecule has 28 heavy (non-hydrogen) atoms. The zero-order valence-electron chi connectivity index (χ0n) is 15.9. The maximum Gasteiger partial charge on any atom is 0.130 e. The number of allylic oxidation sites excluding steroid dienone is 2. The highest BCUT2D eigenvalue weighted by molar-refractivity contribution is 5.85. The molecule has 0 saturated heterocycles. The van der Waals surface area contributed by atoms with E-state index in [1.807, 2.05) is 59.9 Å². The molecule has 0 bridgehead atoms. The van der Waals surface area contributed by atoms with E-state index in [9.17, 15) is 0 Å². The molecule has 3 aromatic rings. The lowest BCUT2D eigenvalue weighted by Gasteiger charge is -2.26. The highest BCUT2D eigenvalue weighted by atomic mass is 16.5. The van der Waals surface area contributed by atoms with Gasteiger partial charge in [0.25, 0.3) is 0 Å². The van der Waals surface area contributed by atoms with Gasteiger partial charge in [-0.3, -0.25) is 20.4 Å². The average Bonchev–Trinajstić information content (AvgIpc) is 2.73. The first-order valence-corrected chi connectivity index (χ1v) is 9.13. The van der Waals surface area contributed by atoms with Crippen LogP contribution in [0.4, 0.5) is 0 Å². The van der Waals surface area contributed by atoms with Crippen LogP contribution in [-0.2, 0) is 0 Å². The number of hydrogen-bond acceptors (Lipinski definition) is 6. The Balaban J connectivity index is 1.39. The number of ether oxygens (including phenoxy) is 2. The van der Waals surface area contributed by atoms with Crippen LogP contribution in [0.25, 0.3) is 16.6 Å². The van der Waals surface area contributed by atoms with Gasteiger partial charge in [-0.15, -0.1) is 0 Å². The molecule has 1 N–H and O–H groups in total. The lowest BCUT2D eigenvalue weighted by Crippen LogP contribution is -2.37. The SMILES string of the molecule is COc1ccc2c(OCCN3C=CC=C(c4cc(C)ccn4)N3)ccnc2c1. The first-order valence-electron chi connectivity index (χ1n) is 9.13. The van der Waals surface area contributed by atoms with Crippen molar-refractivity contribution in [2.45, 2.75) is 6.92 Å². The van der Waals surface area contributed by atoms with E-state index in [4.69, 9.17) is 9.47 Å². The van der Waals surface area contributed by atoms with Crippen molar-refractivity contribution in [1.82, 2.24) is 20.4 Å². The first-order chi connectivity index (χ1) is 13.7. The fourth-order valence-corrected chi connectivity index (χ4v) is 3.04. The predicted molar refractivity (Wildman–Crippen MR) is 110 cm³/mol. The van der Waals surface area contributed by atoms with Crippen molar-refractivity contribution in [3.05, 3.63) is 78.4 Å². The largest absolute Gasteiger partial charge is 0.497 e. The summed E-state index contributed by atoms with van der Waals surface area (Å²) < 4.78 is 11.3. The van der Waals surface area contributed by atoms with Crippen LogP contribution in [0.15, 0.2) is 67.1 Å². The van der Waals surface area contributed by atoms with E-state index in [2.05, 4.69) is 28.4 Å². The molecule has 1 aliphatic rings. The van der Waals surface area contributed by atoms with Gasteiger partial charge < -0.3 is 9.47 Å². The molecule has 6 heteroatoms. The summed E-state index contributed by atoms with van der Waals surface area (Å²) >= 11 is 0. The summed E-state index contributed by atoms with van der Waals surface area (Å²) in [7, 11) is 1.65. The zero-order valence-corrected chi connectivity index (χ0v) is 15.9. The smallest absolute Gasteiger partial charge is 0.130 e. The van der Waals surface area contributed by atoms with Crippen molar-refractivity contribution in [2.75, 3.05) is 20.3 Å². The second-order valence-electron chi connectivity index (χ2n) is 6.49. The highest BCUT2D eigenvalue weighted by Crippen LogP contribution is 2.27. The number of nitrogens with zero attached hydrogens (tertiary/aromatic N) is 3. The van der Waals surface area contributed by atoms with Gasteiger partial charge in [0.15, 0.2) is 0 Å². The van der Waals surface area contributed by atoms with E-state index >= 15 is 0 Å². The molecule has 1 aliphatic heterocycles. The Kier molecular flexibility index (Phi) is 5.10. The third kappa shape index (κ3) is 3.91. The third-order valence-corrected chi connectivity index (χ3v) is 4.48. The Bertz CT molecular complexity index is 1050. The molecule has 142 valence electrons. The monoisotopic (exact) mass is 374 g/mol. The number of aromatic nitrogens is 2. The topological polar surface area (TPSA) is 59.5 Å². The number of pyridine rings is 2. The van der Waals surface area contributed by atoms with Gasteiger partial charge in [0, 0.05) is 30.0 Å². The number of benzene rings is 1. The number of hydrazine groups is 1. The highest BCUT2D eigenvalue weighted by Gasteiger charge is 2.10. The van der Waals surface area contributed by atoms with Crippen molar-refractivity contribution < 1.29 is 9.47 Å². The molecule has 0 atom stereocenters. The number of rotatable bonds is 6. The summed E-state index contributed by atoms with van der Waals surface area (Å²) in [4.78, 5) is 8.82. The van der Waals surface area contributed by atoms with Gasteiger partial charge in [-0.25, -0.2) is 0 Å². The van der Waals surface area contributed by atoms with Crippen molar-refractivity contribution in [3.63, 3.8) is 0 Å². The lowest BCUT2D eigenvalue weighted by atomic mass is 10.2. The van der Waals surface area contributed by atoms with Crippen LogP contribution >= 0.6 is 0 Å². The Hall–Kier alpha value is -3.54. The van der Waals surface area contributed by atoms with Crippen molar-refractivity contribution >= 4 is 16.6 Å². The molecule has 0 fully saturated rings. The van der Waals surface area contributed by atoms with E-state index in [0.717, 1.165) is 33.8 Å². The molecular weight excluding hydrogens is 352 g/mol. The minimum absolute atomic E-state index is 0.525. The van der Waals surface area contributed by atoms with Crippen LogP contribution in [0.1, 0.15) is 11.3 Å². The standard InChI is InChI=1S/C22H22N4O2/c1-16-7-9-24-21(14-16)19-4-3-11-26(25-19)12-13-28-22-8-10-23-20-15-17(27-2)5-6-18(20)22/h3-11,14-15,25H,12-13H2,1-2H3. The van der Waals surface area contributed by atoms with Crippen molar-refractivity contribution in [1.29, 1.82) is 0 Å². The van der Waals surface area contributed by atoms with E-state index < -0.39 is 0 Å². The molecule has 3 heterocycles. The number of nitrogens with one attached hydrogen (secondary N) is 1. The van der Waals surface area contributed by atoms with Gasteiger partial charge in [-0.05, 0) is 55.0 Å². The maximum atomic E-state index is 6.02. The minimum atomic E-state index is 0.525. The molecule has 0 saturated carbocycles. The molecule has 0 aliphatic carbocycles. The van der Waals surface area contributed by atoms with Gasteiger partial charge in [-0.2, -0.15) is 0 Å². The summed E-state index contributed by atoms with van der Waals surface area (Å²) in [6.07, 6.45) is 9.58. The van der Waals surface area contributed by atoms with E-state index in [1.165, 1.54) is 5.56 Å². The van der Waals surface area contributed by atoms with Crippen molar-refractivity contribution in [2.24, 2.45) is 0 Å². The van der Waals surface area contributed by atoms with Gasteiger partial charge in [0.2, 0.25) is 0 Å². The number of hydrogen-bond donors (Lipinski definition) is 1. The van der Waals surface area contributed by atoms with Gasteiger partial charge >= 0.3 is 0 Å². The summed E-state index contributed by atoms with van der Waals surface area (Å²) in [5.74, 6) is 1.59. The second kappa shape index (κ2) is 8.00. The quantitative estimate of drug-likeness (QED) is 0.710. The van der Waals surface area contributed by atoms with E-state index in [0.29, 0.717) is 13.2 Å². The Morgan fingerprint density at radius 3 is 2.82 bits per heavy atom. The average molecular weight is 374 g/mol. The zero-order chi connectivity index (χ0) is 19.3. The van der Waals surface area contributed by atoms with Crippen LogP contribution in [-0.4, -0.2) is 35.2 Å². The van der Waals surface area contributed by atoms with Crippen LogP contribution in [0.2, 0.25) is 0 Å². The number of aryl methyl sites for hydroxylation is 1. The van der Waals surface area contributed by atoms with Crippen LogP contribution < -0.4 is 14.9 Å². The Morgan fingerprint density at radius 1 is 1.07 bits per heavy atom. The molecule has 0 spiro atoms. The van der Waals surface area contributed by atoms with Gasteiger partial charge in [0.05, 0.1) is 30.6 Å². The minimum Gasteiger partial charge on any atom is -0.497 e. The molecule has 1 aromatic carbocycles. The van der Waals surface area contributed by atoms with Gasteiger partial charge in [0.1, 0.15) is 18.1 Å². The molecule has 0 radical (unpaired) electrons. The number of fused-ring (bicyclic) bond motifs is 1. The summed E-state index contributed by atoms with van der Waals surface area (Å²) in [6.45, 7) is 3.27. The van der Waals surface area contributed by atoms with Crippen LogP contribution in [0.3, 0.4) is 0 Å². The van der Waals surface area contributed by atoms with E-state index in [1.54, 1.807) is 13.3 Å². The van der Waals surface area contributed by atoms with Crippen LogP contribution in [0.5, 0.6) is 11.5 Å². The molecule has 0 amide bonds. The second-order valence-corrected chi connectivity index (χ2v) is 6.49. The molecule has 4 rings (SSSR count). The summed E-state index contributed by atoms with van der Waals surface area (Å²) in [5.41, 5.74) is 7.29. The lowest BCUT2D eigenvalue weighted by molar-refractivity contribution is 0.232. The van der Waals surface area contributed by atoms with Crippen LogP contribution in [0, 0.1) is 6.92 Å². The van der Waals surface area contributed by atoms with Gasteiger partial charge in [-0.1, -0.05) is 0 Å². The van der Waals surface area contributed by atoms with Crippen molar-refractivity contribution in [3.8, 4) is 11.5 Å². The number of methoxy groups -OCH3 is 1. The summed E-state index contributed by atoms with van der Waals surface area (Å²) in [5, 5.41) is 2.96. The Labute approximate surface area is 164 Å². The third-order valence-electron chi connectivity index (χ3n) is 4.48. The fraction of sp³-hybridized carbons (Fsp3) is 0.182.